The van der Waals surface area contributed by atoms with E-state index >= 15 is 0 Å². The lowest BCUT2D eigenvalue weighted by Gasteiger charge is -2.11. The van der Waals surface area contributed by atoms with E-state index < -0.39 is 18.3 Å². The Morgan fingerprint density at radius 1 is 1.60 bits per heavy atom. The Kier molecular flexibility index (Phi) is 2.23. The van der Waals surface area contributed by atoms with Gasteiger partial charge < -0.3 is 15.9 Å². The maximum absolute atomic E-state index is 12.7. The summed E-state index contributed by atoms with van der Waals surface area (Å²) in [6, 6.07) is -0.604. The Morgan fingerprint density at radius 3 is 2.40 bits per heavy atom. The molecule has 1 aliphatic carbocycles. The number of aliphatic hydroxyl groups excluding tert-OH is 2. The van der Waals surface area contributed by atoms with Crippen LogP contribution in [0.25, 0.3) is 0 Å². The summed E-state index contributed by atoms with van der Waals surface area (Å²) < 4.78 is 12.7. The van der Waals surface area contributed by atoms with Crippen LogP contribution in [0.15, 0.2) is 0 Å². The Hall–Kier alpha value is -0.190. The van der Waals surface area contributed by atoms with Crippen molar-refractivity contribution in [1.82, 2.24) is 0 Å². The van der Waals surface area contributed by atoms with E-state index in [1.54, 1.807) is 0 Å². The third-order valence-electron chi connectivity index (χ3n) is 2.03. The van der Waals surface area contributed by atoms with Crippen molar-refractivity contribution in [2.45, 2.75) is 24.7 Å². The van der Waals surface area contributed by atoms with Gasteiger partial charge in [-0.2, -0.15) is 0 Å². The second-order valence-electron chi connectivity index (χ2n) is 2.78. The molecule has 0 heterocycles. The van der Waals surface area contributed by atoms with E-state index in [0.29, 0.717) is 6.42 Å². The molecule has 1 saturated carbocycles. The fraction of sp³-hybridized carbons (Fsp3) is 1.00. The van der Waals surface area contributed by atoms with Crippen molar-refractivity contribution in [2.24, 2.45) is 11.7 Å². The molecular weight excluding hydrogens is 137 g/mol. The van der Waals surface area contributed by atoms with Gasteiger partial charge in [-0.3, -0.25) is 0 Å². The smallest absolute Gasteiger partial charge is 0.141 e. The average Bonchev–Trinajstić information content (AvgIpc) is 2.17. The molecule has 3 nitrogen and oxygen atoms in total. The summed E-state index contributed by atoms with van der Waals surface area (Å²) in [4.78, 5) is 0. The van der Waals surface area contributed by atoms with Crippen LogP contribution in [0, 0.1) is 5.92 Å². The normalized spacial score (nSPS) is 48.0. The first-order valence-electron chi connectivity index (χ1n) is 3.35. The maximum Gasteiger partial charge on any atom is 0.141 e. The van der Waals surface area contributed by atoms with Gasteiger partial charge in [-0.05, 0) is 6.42 Å². The van der Waals surface area contributed by atoms with Crippen LogP contribution in [0.5, 0.6) is 0 Å². The molecule has 60 valence electrons. The summed E-state index contributed by atoms with van der Waals surface area (Å²) >= 11 is 0. The molecule has 0 radical (unpaired) electrons. The first kappa shape index (κ1) is 7.91. The van der Waals surface area contributed by atoms with Crippen molar-refractivity contribution >= 4 is 0 Å². The molecule has 1 aliphatic rings. The molecule has 0 spiro atoms. The zero-order valence-electron chi connectivity index (χ0n) is 5.57. The molecule has 0 aliphatic heterocycles. The number of halogens is 1. The molecule has 0 aromatic heterocycles. The van der Waals surface area contributed by atoms with E-state index in [0.717, 1.165) is 0 Å². The van der Waals surface area contributed by atoms with Crippen LogP contribution in [0.4, 0.5) is 4.39 Å². The minimum Gasteiger partial charge on any atom is -0.396 e. The highest BCUT2D eigenvalue weighted by Crippen LogP contribution is 2.26. The van der Waals surface area contributed by atoms with Crippen molar-refractivity contribution < 1.29 is 14.6 Å². The molecular formula is C6H12FNO2. The molecule has 0 bridgehead atoms. The number of alkyl halides is 1. The second-order valence-corrected chi connectivity index (χ2v) is 2.78. The fourth-order valence-electron chi connectivity index (χ4n) is 1.31. The monoisotopic (exact) mass is 149 g/mol. The Labute approximate surface area is 58.7 Å². The predicted molar refractivity (Wildman–Crippen MR) is 34.1 cm³/mol. The standard InChI is InChI=1S/C6H12FNO2/c7-5-4(8)1-3(2-9)6(5)10/h3-6,9-10H,1-2,8H2/t3-,4-,5+,6-/m0/s1. The number of hydrogen-bond donors (Lipinski definition) is 3. The Morgan fingerprint density at radius 2 is 2.20 bits per heavy atom. The zero-order valence-corrected chi connectivity index (χ0v) is 5.57. The SMILES string of the molecule is N[C@H]1C[C@@H](CO)[C@H](O)[C@@H]1F. The largest absolute Gasteiger partial charge is 0.396 e. The average molecular weight is 149 g/mol. The van der Waals surface area contributed by atoms with E-state index in [4.69, 9.17) is 15.9 Å². The Balaban J connectivity index is 2.53. The molecule has 1 rings (SSSR count). The molecule has 0 amide bonds. The van der Waals surface area contributed by atoms with E-state index in [1.807, 2.05) is 0 Å². The summed E-state index contributed by atoms with van der Waals surface area (Å²) in [6.07, 6.45) is -2.06. The highest BCUT2D eigenvalue weighted by molar-refractivity contribution is 4.93. The lowest BCUT2D eigenvalue weighted by atomic mass is 10.1. The van der Waals surface area contributed by atoms with Gasteiger partial charge in [0.05, 0.1) is 6.10 Å². The number of aliphatic hydroxyl groups is 2. The Bertz CT molecular complexity index is 122. The first-order valence-corrected chi connectivity index (χ1v) is 3.35. The fourth-order valence-corrected chi connectivity index (χ4v) is 1.31. The van der Waals surface area contributed by atoms with Gasteiger partial charge in [-0.25, -0.2) is 4.39 Å². The molecule has 4 heteroatoms. The highest BCUT2D eigenvalue weighted by Gasteiger charge is 2.40. The third-order valence-corrected chi connectivity index (χ3v) is 2.03. The van der Waals surface area contributed by atoms with Crippen LogP contribution in [0.2, 0.25) is 0 Å². The summed E-state index contributed by atoms with van der Waals surface area (Å²) in [7, 11) is 0. The van der Waals surface area contributed by atoms with Crippen molar-refractivity contribution in [1.29, 1.82) is 0 Å². The quantitative estimate of drug-likeness (QED) is 0.449. The third kappa shape index (κ3) is 1.14. The molecule has 0 unspecified atom stereocenters. The van der Waals surface area contributed by atoms with Gasteiger partial charge in [0.25, 0.3) is 0 Å². The lowest BCUT2D eigenvalue weighted by molar-refractivity contribution is 0.0436. The van der Waals surface area contributed by atoms with Gasteiger partial charge in [0.15, 0.2) is 0 Å². The molecule has 0 aromatic carbocycles. The van der Waals surface area contributed by atoms with Crippen LogP contribution in [-0.4, -0.2) is 35.1 Å². The van der Waals surface area contributed by atoms with E-state index in [2.05, 4.69) is 0 Å². The van der Waals surface area contributed by atoms with Crippen molar-refractivity contribution in [2.75, 3.05) is 6.61 Å². The van der Waals surface area contributed by atoms with Gasteiger partial charge in [0.1, 0.15) is 6.17 Å². The van der Waals surface area contributed by atoms with E-state index in [9.17, 15) is 4.39 Å². The van der Waals surface area contributed by atoms with Gasteiger partial charge in [-0.15, -0.1) is 0 Å². The number of nitrogens with two attached hydrogens (primary N) is 1. The van der Waals surface area contributed by atoms with Gasteiger partial charge in [-0.1, -0.05) is 0 Å². The minimum atomic E-state index is -1.36. The maximum atomic E-state index is 12.7. The van der Waals surface area contributed by atoms with E-state index in [1.165, 1.54) is 0 Å². The summed E-state index contributed by atoms with van der Waals surface area (Å²) in [5.41, 5.74) is 5.29. The molecule has 0 aromatic rings. The molecule has 10 heavy (non-hydrogen) atoms. The van der Waals surface area contributed by atoms with E-state index in [-0.39, 0.29) is 12.5 Å². The van der Waals surface area contributed by atoms with Crippen LogP contribution in [0.1, 0.15) is 6.42 Å². The number of rotatable bonds is 1. The minimum absolute atomic E-state index is 0.185. The topological polar surface area (TPSA) is 66.5 Å². The second kappa shape index (κ2) is 2.82. The van der Waals surface area contributed by atoms with Gasteiger partial charge >= 0.3 is 0 Å². The van der Waals surface area contributed by atoms with Crippen LogP contribution < -0.4 is 5.73 Å². The summed E-state index contributed by atoms with van der Waals surface area (Å²) in [6.45, 7) is -0.185. The summed E-state index contributed by atoms with van der Waals surface area (Å²) in [5.74, 6) is -0.370. The van der Waals surface area contributed by atoms with Crippen LogP contribution >= 0.6 is 0 Å². The summed E-state index contributed by atoms with van der Waals surface area (Å²) in [5, 5.41) is 17.6. The highest BCUT2D eigenvalue weighted by atomic mass is 19.1. The molecule has 0 saturated heterocycles. The van der Waals surface area contributed by atoms with Gasteiger partial charge in [0.2, 0.25) is 0 Å². The number of hydrogen-bond acceptors (Lipinski definition) is 3. The van der Waals surface area contributed by atoms with Crippen LogP contribution in [-0.2, 0) is 0 Å². The molecule has 1 fully saturated rings. The zero-order chi connectivity index (χ0) is 7.72. The van der Waals surface area contributed by atoms with Crippen molar-refractivity contribution in [3.8, 4) is 0 Å². The lowest BCUT2D eigenvalue weighted by Crippen LogP contribution is -2.32. The van der Waals surface area contributed by atoms with Crippen molar-refractivity contribution in [3.05, 3.63) is 0 Å². The van der Waals surface area contributed by atoms with Crippen molar-refractivity contribution in [3.63, 3.8) is 0 Å². The molecule has 4 atom stereocenters. The predicted octanol–water partition coefficient (Wildman–Crippen LogP) is -0.975. The van der Waals surface area contributed by atoms with Crippen LogP contribution in [0.3, 0.4) is 0 Å². The van der Waals surface area contributed by atoms with Gasteiger partial charge in [0, 0.05) is 18.6 Å². The molecule has 4 N–H and O–H groups in total. The first-order chi connectivity index (χ1) is 4.66.